The number of halogens is 3. The highest BCUT2D eigenvalue weighted by Crippen LogP contribution is 2.52. The third-order valence-electron chi connectivity index (χ3n) is 4.12. The number of ether oxygens (including phenoxy) is 1. The molecule has 100 valence electrons. The predicted molar refractivity (Wildman–Crippen MR) is 81.2 cm³/mol. The summed E-state index contributed by atoms with van der Waals surface area (Å²) in [5.74, 6) is 0.767. The van der Waals surface area contributed by atoms with Crippen LogP contribution in [0.4, 0.5) is 0 Å². The summed E-state index contributed by atoms with van der Waals surface area (Å²) in [5.41, 5.74) is 0.231. The maximum Gasteiger partial charge on any atom is 0.122 e. The molecule has 0 radical (unpaired) electrons. The van der Waals surface area contributed by atoms with Crippen molar-refractivity contribution >= 4 is 39.1 Å². The van der Waals surface area contributed by atoms with Crippen LogP contribution in [0.15, 0.2) is 18.2 Å². The summed E-state index contributed by atoms with van der Waals surface area (Å²) in [5, 5.41) is 1.23. The van der Waals surface area contributed by atoms with Crippen LogP contribution in [0.1, 0.15) is 33.1 Å². The van der Waals surface area contributed by atoms with Crippen LogP contribution in [0.5, 0.6) is 5.75 Å². The molecule has 0 aromatic heterocycles. The highest BCUT2D eigenvalue weighted by molar-refractivity contribution is 9.09. The third-order valence-corrected chi connectivity index (χ3v) is 5.84. The van der Waals surface area contributed by atoms with Crippen LogP contribution in [0.25, 0.3) is 0 Å². The summed E-state index contributed by atoms with van der Waals surface area (Å²) in [6.45, 7) is 4.44. The molecule has 1 aliphatic carbocycles. The van der Waals surface area contributed by atoms with Gasteiger partial charge in [0.2, 0.25) is 0 Å². The number of hydrogen-bond acceptors (Lipinski definition) is 1. The Morgan fingerprint density at radius 3 is 2.22 bits per heavy atom. The zero-order chi connectivity index (χ0) is 13.3. The Balaban J connectivity index is 2.15. The van der Waals surface area contributed by atoms with Crippen molar-refractivity contribution in [3.05, 3.63) is 28.2 Å². The largest absolute Gasteiger partial charge is 0.490 e. The van der Waals surface area contributed by atoms with Crippen molar-refractivity contribution in [3.63, 3.8) is 0 Å². The van der Waals surface area contributed by atoms with E-state index in [1.54, 1.807) is 6.07 Å². The van der Waals surface area contributed by atoms with Crippen molar-refractivity contribution in [1.82, 2.24) is 0 Å². The molecule has 1 fully saturated rings. The van der Waals surface area contributed by atoms with Gasteiger partial charge in [0.25, 0.3) is 0 Å². The second kappa shape index (κ2) is 5.60. The lowest BCUT2D eigenvalue weighted by atomic mass is 9.62. The highest BCUT2D eigenvalue weighted by Gasteiger charge is 2.53. The van der Waals surface area contributed by atoms with E-state index >= 15 is 0 Å². The van der Waals surface area contributed by atoms with E-state index in [2.05, 4.69) is 29.8 Å². The van der Waals surface area contributed by atoms with Gasteiger partial charge in [0.05, 0.1) is 0 Å². The molecule has 0 saturated heterocycles. The molecule has 1 aliphatic rings. The van der Waals surface area contributed by atoms with E-state index in [-0.39, 0.29) is 11.5 Å². The van der Waals surface area contributed by atoms with Crippen molar-refractivity contribution < 1.29 is 4.74 Å². The molecule has 0 N–H and O–H groups in total. The zero-order valence-electron chi connectivity index (χ0n) is 10.6. The first-order chi connectivity index (χ1) is 8.51. The Labute approximate surface area is 127 Å². The van der Waals surface area contributed by atoms with Gasteiger partial charge in [-0.1, -0.05) is 53.0 Å². The van der Waals surface area contributed by atoms with Gasteiger partial charge in [0.15, 0.2) is 0 Å². The van der Waals surface area contributed by atoms with Crippen molar-refractivity contribution in [2.24, 2.45) is 5.41 Å². The second-order valence-electron chi connectivity index (χ2n) is 4.86. The molecule has 0 bridgehead atoms. The summed E-state index contributed by atoms with van der Waals surface area (Å²) >= 11 is 15.7. The maximum absolute atomic E-state index is 6.08. The number of benzene rings is 1. The summed E-state index contributed by atoms with van der Waals surface area (Å²) in [6.07, 6.45) is 3.49. The Morgan fingerprint density at radius 2 is 1.78 bits per heavy atom. The molecule has 1 nitrogen and oxygen atoms in total. The van der Waals surface area contributed by atoms with E-state index in [4.69, 9.17) is 27.9 Å². The van der Waals surface area contributed by atoms with Crippen LogP contribution in [0, 0.1) is 5.41 Å². The molecule has 2 atom stereocenters. The average Bonchev–Trinajstić information content (AvgIpc) is 2.29. The predicted octanol–water partition coefficient (Wildman–Crippen LogP) is 5.71. The molecular formula is C14H17BrCl2O. The molecule has 1 aromatic rings. The average molecular weight is 352 g/mol. The second-order valence-corrected chi connectivity index (χ2v) is 6.83. The van der Waals surface area contributed by atoms with Gasteiger partial charge in [-0.25, -0.2) is 0 Å². The first-order valence-electron chi connectivity index (χ1n) is 6.28. The lowest BCUT2D eigenvalue weighted by Crippen LogP contribution is -2.56. The Hall–Kier alpha value is 0.0800. The van der Waals surface area contributed by atoms with E-state index in [0.29, 0.717) is 14.9 Å². The summed E-state index contributed by atoms with van der Waals surface area (Å²) < 4.78 is 6.08. The molecule has 0 heterocycles. The van der Waals surface area contributed by atoms with Gasteiger partial charge in [-0.15, -0.1) is 0 Å². The first-order valence-corrected chi connectivity index (χ1v) is 7.95. The van der Waals surface area contributed by atoms with Crippen molar-refractivity contribution in [1.29, 1.82) is 0 Å². The van der Waals surface area contributed by atoms with E-state index in [9.17, 15) is 0 Å². The molecular weight excluding hydrogens is 335 g/mol. The monoisotopic (exact) mass is 350 g/mol. The van der Waals surface area contributed by atoms with Crippen LogP contribution in [-0.2, 0) is 0 Å². The number of hydrogen-bond donors (Lipinski definition) is 0. The fourth-order valence-corrected chi connectivity index (χ4v) is 4.56. The summed E-state index contributed by atoms with van der Waals surface area (Å²) in [7, 11) is 0. The molecule has 2 unspecified atom stereocenters. The SMILES string of the molecule is CCC1(CC)C(Br)CC1Oc1cc(Cl)cc(Cl)c1. The van der Waals surface area contributed by atoms with Crippen LogP contribution in [0.3, 0.4) is 0 Å². The zero-order valence-corrected chi connectivity index (χ0v) is 13.6. The van der Waals surface area contributed by atoms with Crippen LogP contribution >= 0.6 is 39.1 Å². The van der Waals surface area contributed by atoms with Gasteiger partial charge in [0.1, 0.15) is 11.9 Å². The smallest absolute Gasteiger partial charge is 0.122 e. The van der Waals surface area contributed by atoms with E-state index < -0.39 is 0 Å². The molecule has 0 aliphatic heterocycles. The maximum atomic E-state index is 6.08. The fraction of sp³-hybridized carbons (Fsp3) is 0.571. The molecule has 1 saturated carbocycles. The van der Waals surface area contributed by atoms with Gasteiger partial charge < -0.3 is 4.74 Å². The van der Waals surface area contributed by atoms with E-state index in [0.717, 1.165) is 25.0 Å². The minimum atomic E-state index is 0.231. The minimum Gasteiger partial charge on any atom is -0.490 e. The third kappa shape index (κ3) is 2.52. The standard InChI is InChI=1S/C14H17BrCl2O/c1-3-14(4-2)12(15)8-13(14)18-11-6-9(16)5-10(17)7-11/h5-7,12-13H,3-4,8H2,1-2H3. The molecule has 0 amide bonds. The van der Waals surface area contributed by atoms with Crippen molar-refractivity contribution in [3.8, 4) is 5.75 Å². The number of rotatable bonds is 4. The van der Waals surface area contributed by atoms with E-state index in [1.165, 1.54) is 0 Å². The highest BCUT2D eigenvalue weighted by atomic mass is 79.9. The Kier molecular flexibility index (Phi) is 4.51. The summed E-state index contributed by atoms with van der Waals surface area (Å²) in [6, 6.07) is 5.37. The lowest BCUT2D eigenvalue weighted by molar-refractivity contribution is -0.0410. The molecule has 2 rings (SSSR count). The quantitative estimate of drug-likeness (QED) is 0.631. The summed E-state index contributed by atoms with van der Waals surface area (Å²) in [4.78, 5) is 0.541. The number of alkyl halides is 1. The normalized spacial score (nSPS) is 25.6. The molecule has 4 heteroatoms. The van der Waals surface area contributed by atoms with Gasteiger partial charge in [0, 0.05) is 20.3 Å². The van der Waals surface area contributed by atoms with E-state index in [1.807, 2.05) is 12.1 Å². The minimum absolute atomic E-state index is 0.231. The van der Waals surface area contributed by atoms with Gasteiger partial charge in [-0.3, -0.25) is 0 Å². The molecule has 0 spiro atoms. The van der Waals surface area contributed by atoms with Crippen molar-refractivity contribution in [2.75, 3.05) is 0 Å². The van der Waals surface area contributed by atoms with Gasteiger partial charge in [-0.2, -0.15) is 0 Å². The van der Waals surface area contributed by atoms with Gasteiger partial charge >= 0.3 is 0 Å². The topological polar surface area (TPSA) is 9.23 Å². The van der Waals surface area contributed by atoms with Crippen molar-refractivity contribution in [2.45, 2.75) is 44.0 Å². The fourth-order valence-electron chi connectivity index (χ4n) is 2.77. The Bertz CT molecular complexity index is 412. The van der Waals surface area contributed by atoms with Gasteiger partial charge in [-0.05, 0) is 37.5 Å². The first kappa shape index (κ1) is 14.5. The molecule has 1 aromatic carbocycles. The van der Waals surface area contributed by atoms with Crippen LogP contribution in [0.2, 0.25) is 10.0 Å². The molecule has 18 heavy (non-hydrogen) atoms. The Morgan fingerprint density at radius 1 is 1.22 bits per heavy atom. The lowest BCUT2D eigenvalue weighted by Gasteiger charge is -2.52. The van der Waals surface area contributed by atoms with Crippen LogP contribution in [-0.4, -0.2) is 10.9 Å². The van der Waals surface area contributed by atoms with Crippen LogP contribution < -0.4 is 4.74 Å².